The molecule has 1 heterocycles. The van der Waals surface area contributed by atoms with E-state index in [1.54, 1.807) is 28.6 Å². The van der Waals surface area contributed by atoms with Crippen molar-refractivity contribution in [2.24, 2.45) is 0 Å². The molecule has 5 rings (SSSR count). The van der Waals surface area contributed by atoms with E-state index in [4.69, 9.17) is 0 Å². The Bertz CT molecular complexity index is 1100. The van der Waals surface area contributed by atoms with E-state index in [2.05, 4.69) is 48.5 Å². The topological polar surface area (TPSA) is 37.4 Å². The Hall–Kier alpha value is -2.69. The second-order valence-corrected chi connectivity index (χ2v) is 10.1. The van der Waals surface area contributed by atoms with E-state index in [1.807, 2.05) is 18.2 Å². The molecule has 152 valence electrons. The van der Waals surface area contributed by atoms with Crippen LogP contribution in [0.15, 0.2) is 107 Å². The predicted molar refractivity (Wildman–Crippen MR) is 120 cm³/mol. The van der Waals surface area contributed by atoms with Gasteiger partial charge in [-0.25, -0.2) is 8.42 Å². The largest absolute Gasteiger partial charge is 0.243 e. The minimum absolute atomic E-state index is 0.289. The molecule has 30 heavy (non-hydrogen) atoms. The standard InChI is InChI=1S/C26H25NO2S/c28-30(29,22-14-8-3-9-15-22)27-18-25-23(20-10-4-1-5-11-20)16-17-24(26(25)19-27)21-12-6-2-7-13-21/h1-15,23-24H,16-19H2. The molecule has 2 atom stereocenters. The van der Waals surface area contributed by atoms with Gasteiger partial charge in [-0.2, -0.15) is 4.31 Å². The third-order valence-corrected chi connectivity index (χ3v) is 8.28. The van der Waals surface area contributed by atoms with Gasteiger partial charge in [0.05, 0.1) is 4.90 Å². The fourth-order valence-corrected chi connectivity index (χ4v) is 6.42. The first-order valence-electron chi connectivity index (χ1n) is 10.5. The van der Waals surface area contributed by atoms with E-state index in [1.165, 1.54) is 22.3 Å². The minimum atomic E-state index is -3.52. The molecule has 3 nitrogen and oxygen atoms in total. The molecule has 2 unspecified atom stereocenters. The molecule has 0 amide bonds. The van der Waals surface area contributed by atoms with Crippen LogP contribution in [0.4, 0.5) is 0 Å². The first-order chi connectivity index (χ1) is 14.6. The summed E-state index contributed by atoms with van der Waals surface area (Å²) in [5.41, 5.74) is 5.16. The maximum atomic E-state index is 13.4. The van der Waals surface area contributed by atoms with Crippen LogP contribution in [0.1, 0.15) is 35.8 Å². The maximum absolute atomic E-state index is 13.4. The third-order valence-electron chi connectivity index (χ3n) is 6.48. The van der Waals surface area contributed by atoms with Crippen molar-refractivity contribution >= 4 is 10.0 Å². The van der Waals surface area contributed by atoms with Crippen LogP contribution in [0.3, 0.4) is 0 Å². The Morgan fingerprint density at radius 2 is 1.00 bits per heavy atom. The molecule has 0 aromatic heterocycles. The van der Waals surface area contributed by atoms with Crippen LogP contribution in [0.2, 0.25) is 0 Å². The van der Waals surface area contributed by atoms with Gasteiger partial charge >= 0.3 is 0 Å². The second kappa shape index (κ2) is 7.86. The predicted octanol–water partition coefficient (Wildman–Crippen LogP) is 5.35. The zero-order chi connectivity index (χ0) is 20.6. The van der Waals surface area contributed by atoms with Crippen LogP contribution < -0.4 is 0 Å². The number of hydrogen-bond donors (Lipinski definition) is 0. The number of benzene rings is 3. The van der Waals surface area contributed by atoms with Crippen molar-refractivity contribution in [1.82, 2.24) is 4.31 Å². The smallest absolute Gasteiger partial charge is 0.207 e. The minimum Gasteiger partial charge on any atom is -0.207 e. The van der Waals surface area contributed by atoms with Gasteiger partial charge in [-0.1, -0.05) is 78.9 Å². The van der Waals surface area contributed by atoms with Crippen molar-refractivity contribution in [2.75, 3.05) is 13.1 Å². The fraction of sp³-hybridized carbons (Fsp3) is 0.231. The lowest BCUT2D eigenvalue weighted by molar-refractivity contribution is 0.477. The summed E-state index contributed by atoms with van der Waals surface area (Å²) >= 11 is 0. The SMILES string of the molecule is O=S(=O)(c1ccccc1)N1CC2=C(C1)C(c1ccccc1)CCC2c1ccccc1. The van der Waals surface area contributed by atoms with E-state index in [0.717, 1.165) is 12.8 Å². The summed E-state index contributed by atoms with van der Waals surface area (Å²) in [5, 5.41) is 0. The molecule has 0 bridgehead atoms. The lowest BCUT2D eigenvalue weighted by atomic mass is 9.73. The summed E-state index contributed by atoms with van der Waals surface area (Å²) in [4.78, 5) is 0.373. The van der Waals surface area contributed by atoms with Crippen LogP contribution in [0.5, 0.6) is 0 Å². The van der Waals surface area contributed by atoms with Gasteiger partial charge in [0.2, 0.25) is 10.0 Å². The Morgan fingerprint density at radius 1 is 0.600 bits per heavy atom. The number of nitrogens with zero attached hydrogens (tertiary/aromatic N) is 1. The molecule has 1 aliphatic carbocycles. The van der Waals surface area contributed by atoms with E-state index in [-0.39, 0.29) is 11.8 Å². The van der Waals surface area contributed by atoms with Gasteiger partial charge in [0.25, 0.3) is 0 Å². The summed E-state index contributed by atoms with van der Waals surface area (Å²) in [6.07, 6.45) is 2.09. The van der Waals surface area contributed by atoms with Crippen LogP contribution in [0.25, 0.3) is 0 Å². The molecule has 0 saturated heterocycles. The summed E-state index contributed by atoms with van der Waals surface area (Å²) in [6, 6.07) is 29.9. The van der Waals surface area contributed by atoms with Crippen molar-refractivity contribution in [2.45, 2.75) is 29.6 Å². The molecular weight excluding hydrogens is 390 g/mol. The highest BCUT2D eigenvalue weighted by molar-refractivity contribution is 7.89. The van der Waals surface area contributed by atoms with E-state index in [0.29, 0.717) is 18.0 Å². The van der Waals surface area contributed by atoms with Crippen LogP contribution in [-0.2, 0) is 10.0 Å². The Morgan fingerprint density at radius 3 is 1.43 bits per heavy atom. The average Bonchev–Trinajstić information content (AvgIpc) is 3.27. The third kappa shape index (κ3) is 3.40. The van der Waals surface area contributed by atoms with Crippen LogP contribution in [-0.4, -0.2) is 25.8 Å². The van der Waals surface area contributed by atoms with E-state index >= 15 is 0 Å². The van der Waals surface area contributed by atoms with Gasteiger partial charge < -0.3 is 0 Å². The van der Waals surface area contributed by atoms with E-state index in [9.17, 15) is 8.42 Å². The molecule has 0 fully saturated rings. The van der Waals surface area contributed by atoms with Gasteiger partial charge in [-0.15, -0.1) is 0 Å². The Balaban J connectivity index is 1.55. The van der Waals surface area contributed by atoms with Crippen LogP contribution in [0, 0.1) is 0 Å². The Kier molecular flexibility index (Phi) is 5.05. The lowest BCUT2D eigenvalue weighted by Gasteiger charge is -2.31. The molecule has 0 N–H and O–H groups in total. The molecule has 0 saturated carbocycles. The van der Waals surface area contributed by atoms with E-state index < -0.39 is 10.0 Å². The highest BCUT2D eigenvalue weighted by Crippen LogP contribution is 2.48. The summed E-state index contributed by atoms with van der Waals surface area (Å²) in [5.74, 6) is 0.578. The summed E-state index contributed by atoms with van der Waals surface area (Å²) in [6.45, 7) is 0.963. The second-order valence-electron chi connectivity index (χ2n) is 8.14. The quantitative estimate of drug-likeness (QED) is 0.539. The number of rotatable bonds is 4. The molecule has 3 aromatic carbocycles. The van der Waals surface area contributed by atoms with Gasteiger partial charge in [-0.05, 0) is 47.2 Å². The fourth-order valence-electron chi connectivity index (χ4n) is 5.01. The Labute approximate surface area is 178 Å². The molecule has 3 aromatic rings. The zero-order valence-corrected chi connectivity index (χ0v) is 17.6. The normalized spacial score (nSPS) is 22.1. The molecule has 4 heteroatoms. The highest BCUT2D eigenvalue weighted by atomic mass is 32.2. The van der Waals surface area contributed by atoms with Crippen LogP contribution >= 0.6 is 0 Å². The van der Waals surface area contributed by atoms with Crippen molar-refractivity contribution in [3.63, 3.8) is 0 Å². The molecule has 2 aliphatic rings. The lowest BCUT2D eigenvalue weighted by Crippen LogP contribution is -2.30. The van der Waals surface area contributed by atoms with Gasteiger partial charge in [-0.3, -0.25) is 0 Å². The van der Waals surface area contributed by atoms with Gasteiger partial charge in [0.1, 0.15) is 0 Å². The van der Waals surface area contributed by atoms with Gasteiger partial charge in [0.15, 0.2) is 0 Å². The van der Waals surface area contributed by atoms with Gasteiger partial charge in [0, 0.05) is 24.9 Å². The van der Waals surface area contributed by atoms with Crippen molar-refractivity contribution < 1.29 is 8.42 Å². The molecule has 1 aliphatic heterocycles. The van der Waals surface area contributed by atoms with Crippen molar-refractivity contribution in [1.29, 1.82) is 0 Å². The van der Waals surface area contributed by atoms with Crippen molar-refractivity contribution in [3.05, 3.63) is 113 Å². The number of sulfonamides is 1. The molecule has 0 radical (unpaired) electrons. The molecule has 0 spiro atoms. The number of hydrogen-bond acceptors (Lipinski definition) is 2. The first kappa shape index (κ1) is 19.3. The van der Waals surface area contributed by atoms with Crippen molar-refractivity contribution in [3.8, 4) is 0 Å². The average molecular weight is 416 g/mol. The highest BCUT2D eigenvalue weighted by Gasteiger charge is 2.40. The summed E-state index contributed by atoms with van der Waals surface area (Å²) < 4.78 is 28.4. The summed E-state index contributed by atoms with van der Waals surface area (Å²) in [7, 11) is -3.52. The monoisotopic (exact) mass is 415 g/mol. The zero-order valence-electron chi connectivity index (χ0n) is 16.8. The first-order valence-corrected chi connectivity index (χ1v) is 12.0. The maximum Gasteiger partial charge on any atom is 0.243 e. The molecular formula is C26H25NO2S.